The molecule has 0 bridgehead atoms. The van der Waals surface area contributed by atoms with Crippen molar-refractivity contribution in [2.24, 2.45) is 23.7 Å². The summed E-state index contributed by atoms with van der Waals surface area (Å²) >= 11 is 0. The molecule has 2 nitrogen and oxygen atoms in total. The van der Waals surface area contributed by atoms with Crippen LogP contribution in [0.3, 0.4) is 0 Å². The molecular formula is C12H21NO. The summed E-state index contributed by atoms with van der Waals surface area (Å²) in [7, 11) is 0. The highest BCUT2D eigenvalue weighted by Gasteiger charge is 2.36. The summed E-state index contributed by atoms with van der Waals surface area (Å²) in [5, 5.41) is 2.96. The highest BCUT2D eigenvalue weighted by Crippen LogP contribution is 2.39. The van der Waals surface area contributed by atoms with Crippen LogP contribution < -0.4 is 5.32 Å². The van der Waals surface area contributed by atoms with Crippen molar-refractivity contribution in [1.29, 1.82) is 0 Å². The maximum absolute atomic E-state index is 11.6. The maximum Gasteiger partial charge on any atom is 0.223 e. The Morgan fingerprint density at radius 3 is 2.29 bits per heavy atom. The fourth-order valence-electron chi connectivity index (χ4n) is 3.40. The Labute approximate surface area is 86.5 Å². The summed E-state index contributed by atoms with van der Waals surface area (Å²) < 4.78 is 0. The number of carbonyl (C=O) groups is 1. The normalized spacial score (nSPS) is 43.7. The Morgan fingerprint density at radius 2 is 1.79 bits per heavy atom. The Balaban J connectivity index is 1.99. The van der Waals surface area contributed by atoms with E-state index in [-0.39, 0.29) is 0 Å². The standard InChI is InChI=1S/C12H21NO/c1-8-5-9(2)7-10(6-8)11-3-4-13-12(11)14/h8-11H,3-7H2,1-2H3,(H,13,14). The second kappa shape index (κ2) is 3.92. The van der Waals surface area contributed by atoms with Gasteiger partial charge >= 0.3 is 0 Å². The quantitative estimate of drug-likeness (QED) is 0.683. The smallest absolute Gasteiger partial charge is 0.223 e. The van der Waals surface area contributed by atoms with Crippen LogP contribution in [-0.2, 0) is 4.79 Å². The van der Waals surface area contributed by atoms with Crippen LogP contribution >= 0.6 is 0 Å². The zero-order chi connectivity index (χ0) is 10.1. The number of hydrogen-bond donors (Lipinski definition) is 1. The summed E-state index contributed by atoms with van der Waals surface area (Å²) in [5.74, 6) is 2.95. The third-order valence-electron chi connectivity index (χ3n) is 3.88. The van der Waals surface area contributed by atoms with Gasteiger partial charge in [0.05, 0.1) is 0 Å². The van der Waals surface area contributed by atoms with Crippen molar-refractivity contribution in [3.63, 3.8) is 0 Å². The molecule has 2 fully saturated rings. The molecule has 1 N–H and O–H groups in total. The van der Waals surface area contributed by atoms with Crippen molar-refractivity contribution < 1.29 is 4.79 Å². The Hall–Kier alpha value is -0.530. The van der Waals surface area contributed by atoms with Gasteiger partial charge in [-0.05, 0) is 43.4 Å². The summed E-state index contributed by atoms with van der Waals surface area (Å²) in [6.45, 7) is 5.56. The van der Waals surface area contributed by atoms with Crippen molar-refractivity contribution >= 4 is 5.91 Å². The van der Waals surface area contributed by atoms with Crippen LogP contribution in [0, 0.1) is 23.7 Å². The number of nitrogens with one attached hydrogen (secondary N) is 1. The zero-order valence-corrected chi connectivity index (χ0v) is 9.25. The van der Waals surface area contributed by atoms with Crippen LogP contribution in [0.2, 0.25) is 0 Å². The molecule has 0 aromatic heterocycles. The molecule has 2 heteroatoms. The molecule has 1 saturated carbocycles. The van der Waals surface area contributed by atoms with E-state index in [4.69, 9.17) is 0 Å². The molecule has 0 radical (unpaired) electrons. The molecule has 2 rings (SSSR count). The van der Waals surface area contributed by atoms with Gasteiger partial charge in [0, 0.05) is 12.5 Å². The molecule has 2 aliphatic rings. The van der Waals surface area contributed by atoms with Gasteiger partial charge in [-0.1, -0.05) is 13.8 Å². The van der Waals surface area contributed by atoms with Crippen LogP contribution in [-0.4, -0.2) is 12.5 Å². The van der Waals surface area contributed by atoms with Gasteiger partial charge < -0.3 is 5.32 Å². The van der Waals surface area contributed by atoms with Gasteiger partial charge in [-0.25, -0.2) is 0 Å². The SMILES string of the molecule is CC1CC(C)CC(C2CCNC2=O)C1. The lowest BCUT2D eigenvalue weighted by molar-refractivity contribution is -0.124. The van der Waals surface area contributed by atoms with Gasteiger partial charge in [0.25, 0.3) is 0 Å². The zero-order valence-electron chi connectivity index (χ0n) is 9.25. The molecule has 1 aliphatic carbocycles. The molecule has 3 unspecified atom stereocenters. The molecule has 1 amide bonds. The minimum Gasteiger partial charge on any atom is -0.356 e. The van der Waals surface area contributed by atoms with Crippen molar-refractivity contribution in [1.82, 2.24) is 5.32 Å². The molecule has 0 aromatic carbocycles. The Kier molecular flexibility index (Phi) is 2.80. The second-order valence-electron chi connectivity index (χ2n) is 5.36. The first-order valence-electron chi connectivity index (χ1n) is 5.94. The van der Waals surface area contributed by atoms with E-state index in [1.54, 1.807) is 0 Å². The van der Waals surface area contributed by atoms with Gasteiger partial charge in [0.2, 0.25) is 5.91 Å². The lowest BCUT2D eigenvalue weighted by Crippen LogP contribution is -2.30. The van der Waals surface area contributed by atoms with Crippen molar-refractivity contribution in [3.8, 4) is 0 Å². The van der Waals surface area contributed by atoms with E-state index in [1.807, 2.05) is 0 Å². The van der Waals surface area contributed by atoms with E-state index in [0.29, 0.717) is 17.7 Å². The van der Waals surface area contributed by atoms with E-state index < -0.39 is 0 Å². The first kappa shape index (κ1) is 10.0. The van der Waals surface area contributed by atoms with Crippen LogP contribution in [0.15, 0.2) is 0 Å². The highest BCUT2D eigenvalue weighted by atomic mass is 16.2. The Bertz CT molecular complexity index is 216. The molecule has 1 heterocycles. The fraction of sp³-hybridized carbons (Fsp3) is 0.917. The molecular weight excluding hydrogens is 174 g/mol. The largest absolute Gasteiger partial charge is 0.356 e. The predicted octanol–water partition coefficient (Wildman–Crippen LogP) is 2.19. The summed E-state index contributed by atoms with van der Waals surface area (Å²) in [6.07, 6.45) is 4.96. The molecule has 3 atom stereocenters. The van der Waals surface area contributed by atoms with Crippen LogP contribution in [0.1, 0.15) is 39.5 Å². The highest BCUT2D eigenvalue weighted by molar-refractivity contribution is 5.80. The van der Waals surface area contributed by atoms with Gasteiger partial charge in [0.15, 0.2) is 0 Å². The van der Waals surface area contributed by atoms with Crippen LogP contribution in [0.4, 0.5) is 0 Å². The molecule has 1 aliphatic heterocycles. The molecule has 0 spiro atoms. The average Bonchev–Trinajstić information content (AvgIpc) is 2.49. The minimum atomic E-state index is 0.316. The topological polar surface area (TPSA) is 29.1 Å². The van der Waals surface area contributed by atoms with E-state index >= 15 is 0 Å². The van der Waals surface area contributed by atoms with Crippen LogP contribution in [0.5, 0.6) is 0 Å². The summed E-state index contributed by atoms with van der Waals surface area (Å²) in [6, 6.07) is 0. The summed E-state index contributed by atoms with van der Waals surface area (Å²) in [5.41, 5.74) is 0. The molecule has 80 valence electrons. The number of amides is 1. The summed E-state index contributed by atoms with van der Waals surface area (Å²) in [4.78, 5) is 11.6. The lowest BCUT2D eigenvalue weighted by atomic mass is 9.71. The molecule has 14 heavy (non-hydrogen) atoms. The first-order valence-corrected chi connectivity index (χ1v) is 5.94. The van der Waals surface area contributed by atoms with Gasteiger partial charge in [-0.15, -0.1) is 0 Å². The van der Waals surface area contributed by atoms with E-state index in [9.17, 15) is 4.79 Å². The third kappa shape index (κ3) is 1.94. The van der Waals surface area contributed by atoms with E-state index in [1.165, 1.54) is 19.3 Å². The molecule has 0 aromatic rings. The number of carbonyl (C=O) groups excluding carboxylic acids is 1. The predicted molar refractivity (Wildman–Crippen MR) is 56.8 cm³/mol. The van der Waals surface area contributed by atoms with Crippen molar-refractivity contribution in [2.75, 3.05) is 6.54 Å². The monoisotopic (exact) mass is 195 g/mol. The van der Waals surface area contributed by atoms with E-state index in [0.717, 1.165) is 24.8 Å². The van der Waals surface area contributed by atoms with Crippen molar-refractivity contribution in [2.45, 2.75) is 39.5 Å². The number of hydrogen-bond acceptors (Lipinski definition) is 1. The minimum absolute atomic E-state index is 0.316. The molecule has 1 saturated heterocycles. The van der Waals surface area contributed by atoms with Gasteiger partial charge in [-0.3, -0.25) is 4.79 Å². The third-order valence-corrected chi connectivity index (χ3v) is 3.88. The Morgan fingerprint density at radius 1 is 1.14 bits per heavy atom. The average molecular weight is 195 g/mol. The lowest BCUT2D eigenvalue weighted by Gasteiger charge is -2.33. The van der Waals surface area contributed by atoms with Gasteiger partial charge in [0.1, 0.15) is 0 Å². The first-order chi connectivity index (χ1) is 6.66. The number of rotatable bonds is 1. The van der Waals surface area contributed by atoms with Crippen LogP contribution in [0.25, 0.3) is 0 Å². The fourth-order valence-corrected chi connectivity index (χ4v) is 3.40. The van der Waals surface area contributed by atoms with E-state index in [2.05, 4.69) is 19.2 Å². The van der Waals surface area contributed by atoms with Gasteiger partial charge in [-0.2, -0.15) is 0 Å². The maximum atomic E-state index is 11.6. The van der Waals surface area contributed by atoms with Crippen molar-refractivity contribution in [3.05, 3.63) is 0 Å². The second-order valence-corrected chi connectivity index (χ2v) is 5.36.